The molecule has 1 heterocycles. The van der Waals surface area contributed by atoms with Crippen LogP contribution in [-0.4, -0.2) is 33.1 Å². The van der Waals surface area contributed by atoms with Crippen molar-refractivity contribution in [3.05, 3.63) is 83.6 Å². The van der Waals surface area contributed by atoms with Gasteiger partial charge in [-0.15, -0.1) is 0 Å². The SMILES string of the molecule is COc1cc(NC2=C(c3ccccc3OC)C(=O)N(c3ccc(C#N)cc3)C2=O)cc(OC)c1. The molecule has 170 valence electrons. The van der Waals surface area contributed by atoms with Gasteiger partial charge in [0.25, 0.3) is 11.8 Å². The summed E-state index contributed by atoms with van der Waals surface area (Å²) in [5.41, 5.74) is 1.98. The number of hydrogen-bond acceptors (Lipinski definition) is 7. The minimum atomic E-state index is -0.544. The van der Waals surface area contributed by atoms with Crippen molar-refractivity contribution < 1.29 is 23.8 Å². The van der Waals surface area contributed by atoms with Gasteiger partial charge < -0.3 is 19.5 Å². The Hall–Kier alpha value is -4.77. The van der Waals surface area contributed by atoms with Crippen LogP contribution in [0.5, 0.6) is 17.2 Å². The van der Waals surface area contributed by atoms with E-state index in [1.54, 1.807) is 66.7 Å². The summed E-state index contributed by atoms with van der Waals surface area (Å²) in [5, 5.41) is 12.2. The molecule has 0 saturated carbocycles. The Labute approximate surface area is 196 Å². The van der Waals surface area contributed by atoms with Crippen LogP contribution in [0, 0.1) is 11.3 Å². The van der Waals surface area contributed by atoms with Gasteiger partial charge in [-0.1, -0.05) is 18.2 Å². The van der Waals surface area contributed by atoms with E-state index in [9.17, 15) is 9.59 Å². The molecule has 0 bridgehead atoms. The number of nitrogens with zero attached hydrogens (tertiary/aromatic N) is 2. The maximum atomic E-state index is 13.6. The van der Waals surface area contributed by atoms with Crippen LogP contribution in [0.3, 0.4) is 0 Å². The highest BCUT2D eigenvalue weighted by atomic mass is 16.5. The molecular weight excluding hydrogens is 434 g/mol. The lowest BCUT2D eigenvalue weighted by atomic mass is 10.0. The number of hydrogen-bond donors (Lipinski definition) is 1. The first-order chi connectivity index (χ1) is 16.5. The number of para-hydroxylation sites is 1. The van der Waals surface area contributed by atoms with Crippen LogP contribution in [0.2, 0.25) is 0 Å². The Morgan fingerprint density at radius 3 is 2.06 bits per heavy atom. The quantitative estimate of drug-likeness (QED) is 0.538. The standard InChI is InChI=1S/C26H21N3O5/c1-32-19-12-17(13-20(14-19)33-2)28-24-23(21-6-4-5-7-22(21)34-3)25(30)29(26(24)31)18-10-8-16(15-27)9-11-18/h4-14,28H,1-3H3. The maximum absolute atomic E-state index is 13.6. The van der Waals surface area contributed by atoms with E-state index >= 15 is 0 Å². The van der Waals surface area contributed by atoms with E-state index in [0.717, 1.165) is 4.90 Å². The molecule has 8 nitrogen and oxygen atoms in total. The van der Waals surface area contributed by atoms with Crippen LogP contribution in [-0.2, 0) is 9.59 Å². The third-order valence-electron chi connectivity index (χ3n) is 5.34. The largest absolute Gasteiger partial charge is 0.497 e. The summed E-state index contributed by atoms with van der Waals surface area (Å²) in [6.45, 7) is 0. The van der Waals surface area contributed by atoms with Crippen molar-refractivity contribution in [1.29, 1.82) is 5.26 Å². The number of ether oxygens (including phenoxy) is 3. The lowest BCUT2D eigenvalue weighted by Crippen LogP contribution is -2.32. The lowest BCUT2D eigenvalue weighted by Gasteiger charge is -2.16. The van der Waals surface area contributed by atoms with Gasteiger partial charge in [-0.3, -0.25) is 9.59 Å². The molecule has 0 aromatic heterocycles. The van der Waals surface area contributed by atoms with E-state index in [2.05, 4.69) is 5.32 Å². The molecule has 3 aromatic carbocycles. The zero-order chi connectivity index (χ0) is 24.2. The number of nitriles is 1. The van der Waals surface area contributed by atoms with Gasteiger partial charge in [0.15, 0.2) is 0 Å². The van der Waals surface area contributed by atoms with Crippen molar-refractivity contribution in [2.45, 2.75) is 0 Å². The monoisotopic (exact) mass is 455 g/mol. The van der Waals surface area contributed by atoms with Crippen molar-refractivity contribution in [3.63, 3.8) is 0 Å². The van der Waals surface area contributed by atoms with E-state index in [0.29, 0.717) is 39.8 Å². The van der Waals surface area contributed by atoms with Crippen molar-refractivity contribution in [3.8, 4) is 23.3 Å². The second kappa shape index (κ2) is 9.38. The zero-order valence-corrected chi connectivity index (χ0v) is 18.8. The molecule has 0 atom stereocenters. The van der Waals surface area contributed by atoms with Crippen molar-refractivity contribution in [2.24, 2.45) is 0 Å². The van der Waals surface area contributed by atoms with Crippen LogP contribution in [0.1, 0.15) is 11.1 Å². The number of nitrogens with one attached hydrogen (secondary N) is 1. The molecule has 0 saturated heterocycles. The second-order valence-corrected chi connectivity index (χ2v) is 7.28. The van der Waals surface area contributed by atoms with Crippen molar-refractivity contribution in [1.82, 2.24) is 0 Å². The zero-order valence-electron chi connectivity index (χ0n) is 18.8. The van der Waals surface area contributed by atoms with Gasteiger partial charge in [-0.2, -0.15) is 5.26 Å². The summed E-state index contributed by atoms with van der Waals surface area (Å²) < 4.78 is 16.1. The number of imide groups is 1. The molecule has 1 N–H and O–H groups in total. The average molecular weight is 455 g/mol. The maximum Gasteiger partial charge on any atom is 0.282 e. The normalized spacial score (nSPS) is 13.1. The Balaban J connectivity index is 1.86. The van der Waals surface area contributed by atoms with Gasteiger partial charge in [0.2, 0.25) is 0 Å². The van der Waals surface area contributed by atoms with E-state index in [1.165, 1.54) is 21.3 Å². The molecule has 34 heavy (non-hydrogen) atoms. The summed E-state index contributed by atoms with van der Waals surface area (Å²) >= 11 is 0. The summed E-state index contributed by atoms with van der Waals surface area (Å²) in [6, 6.07) is 20.3. The molecular formula is C26H21N3O5. The van der Waals surface area contributed by atoms with Crippen LogP contribution < -0.4 is 24.4 Å². The smallest absolute Gasteiger partial charge is 0.282 e. The highest BCUT2D eigenvalue weighted by Gasteiger charge is 2.41. The number of anilines is 2. The van der Waals surface area contributed by atoms with Crippen LogP contribution in [0.4, 0.5) is 11.4 Å². The van der Waals surface area contributed by atoms with Gasteiger partial charge in [0.05, 0.1) is 44.2 Å². The molecule has 0 radical (unpaired) electrons. The van der Waals surface area contributed by atoms with Crippen molar-refractivity contribution in [2.75, 3.05) is 31.5 Å². The van der Waals surface area contributed by atoms with Gasteiger partial charge in [-0.25, -0.2) is 4.90 Å². The number of carbonyl (C=O) groups excluding carboxylic acids is 2. The average Bonchev–Trinajstić information content (AvgIpc) is 3.12. The Bertz CT molecular complexity index is 1320. The van der Waals surface area contributed by atoms with Gasteiger partial charge in [0, 0.05) is 29.4 Å². The number of carbonyl (C=O) groups is 2. The van der Waals surface area contributed by atoms with Gasteiger partial charge in [-0.05, 0) is 30.3 Å². The van der Waals surface area contributed by atoms with Crippen molar-refractivity contribution >= 4 is 28.8 Å². The van der Waals surface area contributed by atoms with Gasteiger partial charge >= 0.3 is 0 Å². The number of amides is 2. The predicted molar refractivity (Wildman–Crippen MR) is 127 cm³/mol. The highest BCUT2D eigenvalue weighted by molar-refractivity contribution is 6.46. The van der Waals surface area contributed by atoms with E-state index in [-0.39, 0.29) is 11.3 Å². The molecule has 4 rings (SSSR count). The third-order valence-corrected chi connectivity index (χ3v) is 5.34. The number of benzene rings is 3. The third kappa shape index (κ3) is 4.02. The van der Waals surface area contributed by atoms with Crippen LogP contribution in [0.25, 0.3) is 5.57 Å². The summed E-state index contributed by atoms with van der Waals surface area (Å²) in [5.74, 6) is 0.417. The second-order valence-electron chi connectivity index (χ2n) is 7.28. The number of rotatable bonds is 7. The first kappa shape index (κ1) is 22.4. The van der Waals surface area contributed by atoms with Crippen LogP contribution in [0.15, 0.2) is 72.4 Å². The number of methoxy groups -OCH3 is 3. The molecule has 3 aromatic rings. The molecule has 1 aliphatic heterocycles. The molecule has 0 spiro atoms. The first-order valence-corrected chi connectivity index (χ1v) is 10.3. The first-order valence-electron chi connectivity index (χ1n) is 10.3. The fourth-order valence-electron chi connectivity index (χ4n) is 3.69. The molecule has 0 aliphatic carbocycles. The van der Waals surface area contributed by atoms with E-state index in [1.807, 2.05) is 6.07 Å². The van der Waals surface area contributed by atoms with E-state index < -0.39 is 11.8 Å². The van der Waals surface area contributed by atoms with Crippen LogP contribution >= 0.6 is 0 Å². The minimum absolute atomic E-state index is 0.0779. The Morgan fingerprint density at radius 1 is 0.824 bits per heavy atom. The molecule has 1 aliphatic rings. The lowest BCUT2D eigenvalue weighted by molar-refractivity contribution is -0.120. The topological polar surface area (TPSA) is 101 Å². The summed E-state index contributed by atoms with van der Waals surface area (Å²) in [4.78, 5) is 28.3. The summed E-state index contributed by atoms with van der Waals surface area (Å²) in [6.07, 6.45) is 0. The Morgan fingerprint density at radius 2 is 1.47 bits per heavy atom. The molecule has 0 unspecified atom stereocenters. The van der Waals surface area contributed by atoms with Gasteiger partial charge in [0.1, 0.15) is 22.9 Å². The highest BCUT2D eigenvalue weighted by Crippen LogP contribution is 2.38. The Kier molecular flexibility index (Phi) is 6.19. The minimum Gasteiger partial charge on any atom is -0.497 e. The fourth-order valence-corrected chi connectivity index (χ4v) is 3.69. The predicted octanol–water partition coefficient (Wildman–Crippen LogP) is 3.98. The molecule has 8 heteroatoms. The molecule has 2 amide bonds. The fraction of sp³-hybridized carbons (Fsp3) is 0.115. The molecule has 0 fully saturated rings. The summed E-state index contributed by atoms with van der Waals surface area (Å²) in [7, 11) is 4.54. The van der Waals surface area contributed by atoms with E-state index in [4.69, 9.17) is 19.5 Å².